The molecule has 0 unspecified atom stereocenters. The zero-order valence-corrected chi connectivity index (χ0v) is 14.1. The Morgan fingerprint density at radius 3 is 2.67 bits per heavy atom. The van der Waals surface area contributed by atoms with E-state index in [9.17, 15) is 4.39 Å². The van der Waals surface area contributed by atoms with Crippen LogP contribution in [-0.2, 0) is 11.3 Å². The first-order valence-electron chi connectivity index (χ1n) is 6.60. The summed E-state index contributed by atoms with van der Waals surface area (Å²) < 4.78 is 19.5. The summed E-state index contributed by atoms with van der Waals surface area (Å²) in [5.41, 5.74) is 0.957. The first-order valence-corrected chi connectivity index (χ1v) is 8.21. The summed E-state index contributed by atoms with van der Waals surface area (Å²) in [6.45, 7) is 2.01. The summed E-state index contributed by atoms with van der Waals surface area (Å²) >= 11 is 5.06. The zero-order chi connectivity index (χ0) is 15.1. The van der Waals surface area contributed by atoms with Crippen molar-refractivity contribution in [2.45, 2.75) is 16.3 Å². The second-order valence-corrected chi connectivity index (χ2v) is 6.51. The van der Waals surface area contributed by atoms with Gasteiger partial charge in [-0.25, -0.2) is 4.39 Å². The molecule has 0 spiro atoms. The first-order chi connectivity index (χ1) is 10.2. The molecule has 112 valence electrons. The Balaban J connectivity index is 2.08. The summed E-state index contributed by atoms with van der Waals surface area (Å²) in [7, 11) is 1.67. The van der Waals surface area contributed by atoms with Crippen LogP contribution >= 0.6 is 27.7 Å². The van der Waals surface area contributed by atoms with Crippen LogP contribution in [0.5, 0.6) is 0 Å². The van der Waals surface area contributed by atoms with Gasteiger partial charge in [-0.05, 0) is 48.0 Å². The third-order valence-electron chi connectivity index (χ3n) is 2.86. The summed E-state index contributed by atoms with van der Waals surface area (Å²) in [6.07, 6.45) is 0. The van der Waals surface area contributed by atoms with E-state index < -0.39 is 0 Å². The standard InChI is InChI=1S/C16H17BrFNOS/c1-20-9-8-19-11-12-10-14(18)4-7-16(12)21-15-5-2-13(17)3-6-15/h2-7,10,19H,8-9,11H2,1H3. The fourth-order valence-electron chi connectivity index (χ4n) is 1.81. The van der Waals surface area contributed by atoms with E-state index in [0.29, 0.717) is 13.2 Å². The molecule has 0 saturated heterocycles. The van der Waals surface area contributed by atoms with Gasteiger partial charge in [0.05, 0.1) is 6.61 Å². The number of hydrogen-bond donors (Lipinski definition) is 1. The molecule has 0 radical (unpaired) electrons. The average Bonchev–Trinajstić information content (AvgIpc) is 2.48. The second-order valence-electron chi connectivity index (χ2n) is 4.48. The van der Waals surface area contributed by atoms with Crippen molar-refractivity contribution in [3.8, 4) is 0 Å². The van der Waals surface area contributed by atoms with Crippen LogP contribution in [0, 0.1) is 5.82 Å². The van der Waals surface area contributed by atoms with Crippen molar-refractivity contribution in [3.05, 3.63) is 58.3 Å². The number of halogens is 2. The molecule has 0 aliphatic heterocycles. The molecule has 5 heteroatoms. The largest absolute Gasteiger partial charge is 0.383 e. The first kappa shape index (κ1) is 16.5. The Hall–Kier alpha value is -0.880. The highest BCUT2D eigenvalue weighted by Crippen LogP contribution is 2.31. The molecule has 2 aromatic rings. The fourth-order valence-corrected chi connectivity index (χ4v) is 3.00. The van der Waals surface area contributed by atoms with Gasteiger partial charge in [-0.2, -0.15) is 0 Å². The van der Waals surface area contributed by atoms with Crippen LogP contribution in [0.4, 0.5) is 4.39 Å². The number of ether oxygens (including phenoxy) is 1. The van der Waals surface area contributed by atoms with Gasteiger partial charge in [-0.15, -0.1) is 0 Å². The third-order valence-corrected chi connectivity index (χ3v) is 4.52. The van der Waals surface area contributed by atoms with Crippen molar-refractivity contribution < 1.29 is 9.13 Å². The van der Waals surface area contributed by atoms with Crippen molar-refractivity contribution in [2.24, 2.45) is 0 Å². The molecule has 0 aliphatic rings. The summed E-state index contributed by atoms with van der Waals surface area (Å²) in [5, 5.41) is 3.25. The van der Waals surface area contributed by atoms with E-state index in [0.717, 1.165) is 26.4 Å². The van der Waals surface area contributed by atoms with Crippen LogP contribution < -0.4 is 5.32 Å². The monoisotopic (exact) mass is 369 g/mol. The molecule has 0 fully saturated rings. The Kier molecular flexibility index (Phi) is 6.70. The number of hydrogen-bond acceptors (Lipinski definition) is 3. The van der Waals surface area contributed by atoms with Gasteiger partial charge in [0.25, 0.3) is 0 Å². The number of methoxy groups -OCH3 is 1. The molecular weight excluding hydrogens is 353 g/mol. The molecule has 0 heterocycles. The van der Waals surface area contributed by atoms with Gasteiger partial charge in [-0.1, -0.05) is 27.7 Å². The van der Waals surface area contributed by atoms with E-state index >= 15 is 0 Å². The highest BCUT2D eigenvalue weighted by Gasteiger charge is 2.06. The molecule has 2 rings (SSSR count). The average molecular weight is 370 g/mol. The van der Waals surface area contributed by atoms with Crippen LogP contribution in [0.15, 0.2) is 56.7 Å². The minimum atomic E-state index is -0.210. The van der Waals surface area contributed by atoms with E-state index in [4.69, 9.17) is 4.74 Å². The van der Waals surface area contributed by atoms with Crippen molar-refractivity contribution in [1.82, 2.24) is 5.32 Å². The van der Waals surface area contributed by atoms with Crippen molar-refractivity contribution in [3.63, 3.8) is 0 Å². The summed E-state index contributed by atoms with van der Waals surface area (Å²) in [4.78, 5) is 2.19. The topological polar surface area (TPSA) is 21.3 Å². The van der Waals surface area contributed by atoms with Crippen LogP contribution in [0.3, 0.4) is 0 Å². The Labute approximate surface area is 137 Å². The minimum absolute atomic E-state index is 0.210. The van der Waals surface area contributed by atoms with Gasteiger partial charge >= 0.3 is 0 Å². The molecular formula is C16H17BrFNOS. The lowest BCUT2D eigenvalue weighted by molar-refractivity contribution is 0.199. The second kappa shape index (κ2) is 8.54. The van der Waals surface area contributed by atoms with Crippen LogP contribution in [0.1, 0.15) is 5.56 Å². The molecule has 0 amide bonds. The van der Waals surface area contributed by atoms with Crippen molar-refractivity contribution in [1.29, 1.82) is 0 Å². The van der Waals surface area contributed by atoms with E-state index in [-0.39, 0.29) is 5.82 Å². The van der Waals surface area contributed by atoms with Crippen LogP contribution in [0.25, 0.3) is 0 Å². The summed E-state index contributed by atoms with van der Waals surface area (Å²) in [5.74, 6) is -0.210. The molecule has 0 aliphatic carbocycles. The lowest BCUT2D eigenvalue weighted by atomic mass is 10.2. The predicted octanol–water partition coefficient (Wildman–Crippen LogP) is 4.48. The van der Waals surface area contributed by atoms with E-state index in [2.05, 4.69) is 21.2 Å². The van der Waals surface area contributed by atoms with Crippen LogP contribution in [-0.4, -0.2) is 20.3 Å². The Bertz CT molecular complexity index is 577. The maximum atomic E-state index is 13.4. The quantitative estimate of drug-likeness (QED) is 0.727. The van der Waals surface area contributed by atoms with Crippen molar-refractivity contribution in [2.75, 3.05) is 20.3 Å². The lowest BCUT2D eigenvalue weighted by Crippen LogP contribution is -2.19. The smallest absolute Gasteiger partial charge is 0.123 e. The molecule has 0 aromatic heterocycles. The predicted molar refractivity (Wildman–Crippen MR) is 88.2 cm³/mol. The highest BCUT2D eigenvalue weighted by molar-refractivity contribution is 9.10. The number of nitrogens with one attached hydrogen (secondary N) is 1. The fraction of sp³-hybridized carbons (Fsp3) is 0.250. The molecule has 21 heavy (non-hydrogen) atoms. The van der Waals surface area contributed by atoms with E-state index in [1.165, 1.54) is 6.07 Å². The molecule has 2 aromatic carbocycles. The Morgan fingerprint density at radius 1 is 1.19 bits per heavy atom. The molecule has 1 N–H and O–H groups in total. The number of rotatable bonds is 7. The van der Waals surface area contributed by atoms with Gasteiger partial charge in [0, 0.05) is 34.5 Å². The lowest BCUT2D eigenvalue weighted by Gasteiger charge is -2.11. The third kappa shape index (κ3) is 5.43. The molecule has 0 saturated carbocycles. The van der Waals surface area contributed by atoms with Gasteiger partial charge in [0.15, 0.2) is 0 Å². The van der Waals surface area contributed by atoms with Gasteiger partial charge in [0.1, 0.15) is 5.82 Å². The van der Waals surface area contributed by atoms with Crippen molar-refractivity contribution >= 4 is 27.7 Å². The SMILES string of the molecule is COCCNCc1cc(F)ccc1Sc1ccc(Br)cc1. The van der Waals surface area contributed by atoms with E-state index in [1.54, 1.807) is 24.9 Å². The van der Waals surface area contributed by atoms with Crippen LogP contribution in [0.2, 0.25) is 0 Å². The van der Waals surface area contributed by atoms with Gasteiger partial charge < -0.3 is 10.1 Å². The Morgan fingerprint density at radius 2 is 1.95 bits per heavy atom. The maximum absolute atomic E-state index is 13.4. The molecule has 0 atom stereocenters. The van der Waals surface area contributed by atoms with Gasteiger partial charge in [0.2, 0.25) is 0 Å². The number of benzene rings is 2. The zero-order valence-electron chi connectivity index (χ0n) is 11.7. The minimum Gasteiger partial charge on any atom is -0.383 e. The summed E-state index contributed by atoms with van der Waals surface area (Å²) in [6, 6.07) is 13.0. The maximum Gasteiger partial charge on any atom is 0.123 e. The highest BCUT2D eigenvalue weighted by atomic mass is 79.9. The normalized spacial score (nSPS) is 10.8. The molecule has 2 nitrogen and oxygen atoms in total. The van der Waals surface area contributed by atoms with E-state index in [1.807, 2.05) is 30.3 Å². The van der Waals surface area contributed by atoms with Gasteiger partial charge in [-0.3, -0.25) is 0 Å². The molecule has 0 bridgehead atoms.